The number of thiophene rings is 1. The molecule has 0 saturated heterocycles. The summed E-state index contributed by atoms with van der Waals surface area (Å²) in [5.41, 5.74) is 3.81. The molecule has 3 amide bonds. The second-order valence-electron chi connectivity index (χ2n) is 9.16. The highest BCUT2D eigenvalue weighted by molar-refractivity contribution is 7.10. The molecule has 3 aromatic rings. The average molecular weight is 496 g/mol. The van der Waals surface area contributed by atoms with E-state index in [0.717, 1.165) is 28.0 Å². The molecule has 35 heavy (non-hydrogen) atoms. The average Bonchev–Trinajstić information content (AvgIpc) is 3.23. The molecule has 0 spiro atoms. The van der Waals surface area contributed by atoms with Crippen LogP contribution in [0.15, 0.2) is 60.0 Å². The van der Waals surface area contributed by atoms with Crippen molar-refractivity contribution >= 4 is 29.0 Å². The minimum atomic E-state index is -0.312. The van der Waals surface area contributed by atoms with Crippen LogP contribution in [0.1, 0.15) is 42.3 Å². The van der Waals surface area contributed by atoms with Gasteiger partial charge in [-0.2, -0.15) is 0 Å². The second-order valence-corrected chi connectivity index (χ2v) is 10.2. The van der Waals surface area contributed by atoms with Crippen LogP contribution < -0.4 is 5.32 Å². The first kappa shape index (κ1) is 26.4. The number of hydrogen-bond acceptors (Lipinski definition) is 3. The fourth-order valence-corrected chi connectivity index (χ4v) is 4.70. The van der Waals surface area contributed by atoms with Crippen LogP contribution >= 0.6 is 11.3 Å². The Bertz CT molecular complexity index is 1130. The third kappa shape index (κ3) is 7.92. The molecule has 1 aromatic heterocycles. The summed E-state index contributed by atoms with van der Waals surface area (Å²) >= 11 is 1.60. The van der Waals surface area contributed by atoms with Gasteiger partial charge < -0.3 is 15.1 Å². The molecular formula is C28H34FN3O2S. The Hall–Kier alpha value is -3.19. The highest BCUT2D eigenvalue weighted by Crippen LogP contribution is 2.20. The van der Waals surface area contributed by atoms with Crippen LogP contribution in [0.25, 0.3) is 0 Å². The van der Waals surface area contributed by atoms with Crippen LogP contribution in [0.4, 0.5) is 14.9 Å². The maximum Gasteiger partial charge on any atom is 0.322 e. The number of hydrogen-bond donors (Lipinski definition) is 1. The third-order valence-electron chi connectivity index (χ3n) is 5.73. The van der Waals surface area contributed by atoms with Gasteiger partial charge in [-0.15, -0.1) is 11.3 Å². The lowest BCUT2D eigenvalue weighted by Gasteiger charge is -2.29. The number of urea groups is 1. The number of nitrogens with one attached hydrogen (secondary N) is 1. The summed E-state index contributed by atoms with van der Waals surface area (Å²) < 4.78 is 13.4. The van der Waals surface area contributed by atoms with Gasteiger partial charge in [-0.25, -0.2) is 9.18 Å². The Balaban J connectivity index is 1.78. The number of halogens is 1. The zero-order valence-corrected chi connectivity index (χ0v) is 21.7. The maximum absolute atomic E-state index is 13.5. The molecule has 0 aliphatic rings. The highest BCUT2D eigenvalue weighted by Gasteiger charge is 2.23. The van der Waals surface area contributed by atoms with Crippen LogP contribution in [-0.2, 0) is 24.3 Å². The standard InChI is InChI=1S/C28H34FN3O2S/c1-5-22-7-6-8-25(15-22)30-28(34)32(16-20(2)3)19-27(33)31(18-26-21(4)13-14-35-26)17-23-9-11-24(29)12-10-23/h6-15,20H,5,16-19H2,1-4H3,(H,30,34). The molecule has 0 unspecified atom stereocenters. The van der Waals surface area contributed by atoms with Gasteiger partial charge in [0.2, 0.25) is 5.91 Å². The molecule has 186 valence electrons. The van der Waals surface area contributed by atoms with E-state index in [4.69, 9.17) is 0 Å². The zero-order valence-electron chi connectivity index (χ0n) is 20.9. The zero-order chi connectivity index (χ0) is 25.4. The highest BCUT2D eigenvalue weighted by atomic mass is 32.1. The number of aryl methyl sites for hydroxylation is 2. The van der Waals surface area contributed by atoms with Crippen molar-refractivity contribution in [2.45, 2.75) is 47.2 Å². The Kier molecular flexibility index (Phi) is 9.43. The largest absolute Gasteiger partial charge is 0.332 e. The van der Waals surface area contributed by atoms with Gasteiger partial charge in [-0.05, 0) is 71.7 Å². The van der Waals surface area contributed by atoms with Gasteiger partial charge in [-0.1, -0.05) is 45.0 Å². The second kappa shape index (κ2) is 12.5. The molecule has 2 aromatic carbocycles. The third-order valence-corrected chi connectivity index (χ3v) is 6.74. The number of rotatable bonds is 10. The molecular weight excluding hydrogens is 461 g/mol. The van der Waals surface area contributed by atoms with E-state index in [2.05, 4.69) is 12.2 Å². The van der Waals surface area contributed by atoms with E-state index in [1.165, 1.54) is 12.1 Å². The van der Waals surface area contributed by atoms with Crippen LogP contribution in [-0.4, -0.2) is 34.8 Å². The maximum atomic E-state index is 13.5. The first-order chi connectivity index (χ1) is 16.7. The Morgan fingerprint density at radius 1 is 1.00 bits per heavy atom. The fraction of sp³-hybridized carbons (Fsp3) is 0.357. The van der Waals surface area contributed by atoms with Crippen molar-refractivity contribution in [2.75, 3.05) is 18.4 Å². The van der Waals surface area contributed by atoms with Crippen molar-refractivity contribution < 1.29 is 14.0 Å². The summed E-state index contributed by atoms with van der Waals surface area (Å²) in [5.74, 6) is -0.270. The van der Waals surface area contributed by atoms with Gasteiger partial charge in [-0.3, -0.25) is 4.79 Å². The monoisotopic (exact) mass is 495 g/mol. The van der Waals surface area contributed by atoms with Crippen molar-refractivity contribution in [3.8, 4) is 0 Å². The molecule has 1 N–H and O–H groups in total. The summed E-state index contributed by atoms with van der Waals surface area (Å²) in [5, 5.41) is 4.96. The van der Waals surface area contributed by atoms with E-state index in [1.807, 2.05) is 56.5 Å². The van der Waals surface area contributed by atoms with Crippen LogP contribution in [0.2, 0.25) is 0 Å². The number of carbonyl (C=O) groups is 2. The van der Waals surface area contributed by atoms with Crippen LogP contribution in [0.5, 0.6) is 0 Å². The SMILES string of the molecule is CCc1cccc(NC(=O)N(CC(=O)N(Cc2ccc(F)cc2)Cc2sccc2C)CC(C)C)c1. The smallest absolute Gasteiger partial charge is 0.322 e. The van der Waals surface area contributed by atoms with E-state index >= 15 is 0 Å². The quantitative estimate of drug-likeness (QED) is 0.350. The predicted octanol–water partition coefficient (Wildman–Crippen LogP) is 6.48. The van der Waals surface area contributed by atoms with Gasteiger partial charge in [0.25, 0.3) is 0 Å². The van der Waals surface area contributed by atoms with Gasteiger partial charge in [0.05, 0.1) is 6.54 Å². The lowest BCUT2D eigenvalue weighted by Crippen LogP contribution is -2.45. The van der Waals surface area contributed by atoms with Gasteiger partial charge in [0.15, 0.2) is 0 Å². The normalized spacial score (nSPS) is 10.9. The Morgan fingerprint density at radius 3 is 2.37 bits per heavy atom. The summed E-state index contributed by atoms with van der Waals surface area (Å²) in [6.07, 6.45) is 0.873. The molecule has 7 heteroatoms. The number of amides is 3. The first-order valence-corrected chi connectivity index (χ1v) is 12.8. The minimum absolute atomic E-state index is 0.0386. The lowest BCUT2D eigenvalue weighted by atomic mass is 10.1. The van der Waals surface area contributed by atoms with Gasteiger partial charge >= 0.3 is 6.03 Å². The molecule has 0 radical (unpaired) electrons. The van der Waals surface area contributed by atoms with E-state index in [9.17, 15) is 14.0 Å². The topological polar surface area (TPSA) is 52.7 Å². The number of carbonyl (C=O) groups excluding carboxylic acids is 2. The molecule has 0 saturated carbocycles. The molecule has 0 atom stereocenters. The van der Waals surface area contributed by atoms with E-state index in [-0.39, 0.29) is 30.2 Å². The van der Waals surface area contributed by atoms with Crippen LogP contribution in [0.3, 0.4) is 0 Å². The first-order valence-electron chi connectivity index (χ1n) is 11.9. The Labute approximate surface area is 211 Å². The number of benzene rings is 2. The van der Waals surface area contributed by atoms with Crippen molar-refractivity contribution in [1.82, 2.24) is 9.80 Å². The van der Waals surface area contributed by atoms with E-state index in [0.29, 0.717) is 25.3 Å². The predicted molar refractivity (Wildman–Crippen MR) is 141 cm³/mol. The summed E-state index contributed by atoms with van der Waals surface area (Å²) in [4.78, 5) is 31.1. The van der Waals surface area contributed by atoms with Crippen molar-refractivity contribution in [3.63, 3.8) is 0 Å². The minimum Gasteiger partial charge on any atom is -0.332 e. The van der Waals surface area contributed by atoms with Gasteiger partial charge in [0.1, 0.15) is 12.4 Å². The number of anilines is 1. The van der Waals surface area contributed by atoms with Gasteiger partial charge in [0, 0.05) is 23.7 Å². The molecule has 0 aliphatic heterocycles. The van der Waals surface area contributed by atoms with E-state index < -0.39 is 0 Å². The van der Waals surface area contributed by atoms with Crippen molar-refractivity contribution in [1.29, 1.82) is 0 Å². The van der Waals surface area contributed by atoms with Crippen LogP contribution in [0, 0.1) is 18.7 Å². The van der Waals surface area contributed by atoms with E-state index in [1.54, 1.807) is 33.3 Å². The molecule has 0 fully saturated rings. The molecule has 3 rings (SSSR count). The summed E-state index contributed by atoms with van der Waals surface area (Å²) in [6.45, 7) is 9.32. The molecule has 0 aliphatic carbocycles. The molecule has 0 bridgehead atoms. The molecule has 5 nitrogen and oxygen atoms in total. The summed E-state index contributed by atoms with van der Waals surface area (Å²) in [7, 11) is 0. The fourth-order valence-electron chi connectivity index (χ4n) is 3.78. The number of nitrogens with zero attached hydrogens (tertiary/aromatic N) is 2. The van der Waals surface area contributed by atoms with Crippen molar-refractivity contribution in [2.24, 2.45) is 5.92 Å². The molecule has 1 heterocycles. The van der Waals surface area contributed by atoms with Crippen molar-refractivity contribution in [3.05, 3.63) is 87.4 Å². The lowest BCUT2D eigenvalue weighted by molar-refractivity contribution is -0.133. The summed E-state index contributed by atoms with van der Waals surface area (Å²) in [6, 6.07) is 15.7. The Morgan fingerprint density at radius 2 is 1.74 bits per heavy atom.